The average Bonchev–Trinajstić information content (AvgIpc) is 2.82. The molecule has 2 spiro atoms. The fourth-order valence-corrected chi connectivity index (χ4v) is 14.9. The highest BCUT2D eigenvalue weighted by Gasteiger charge is 2.82. The van der Waals surface area contributed by atoms with E-state index >= 15 is 0 Å². The van der Waals surface area contributed by atoms with Crippen LogP contribution in [0.1, 0.15) is 55.4 Å². The normalized spacial score (nSPS) is 35.6. The molecule has 5 heteroatoms. The molecule has 1 heterocycles. The van der Waals surface area contributed by atoms with E-state index in [4.69, 9.17) is 24.4 Å². The third-order valence-electron chi connectivity index (χ3n) is 6.13. The molecule has 118 valence electrons. The largest absolute Gasteiger partial charge is 0.121 e. The van der Waals surface area contributed by atoms with Gasteiger partial charge in [0, 0.05) is 31.4 Å². The fourth-order valence-electron chi connectivity index (χ4n) is 4.88. The fraction of sp³-hybridized carbons (Fsp3) is 0.875. The van der Waals surface area contributed by atoms with Gasteiger partial charge in [0.1, 0.15) is 0 Å². The van der Waals surface area contributed by atoms with E-state index in [9.17, 15) is 0 Å². The second-order valence-corrected chi connectivity index (χ2v) is 14.0. The number of hydrogen-bond donors (Lipinski definition) is 0. The summed E-state index contributed by atoms with van der Waals surface area (Å²) in [6.07, 6.45) is 0. The van der Waals surface area contributed by atoms with E-state index in [1.54, 1.807) is 0 Å². The van der Waals surface area contributed by atoms with Gasteiger partial charge in [-0.05, 0) is 0 Å². The molecule has 0 bridgehead atoms. The Hall–Kier alpha value is 1.23. The standard InChI is InChI=1S/C16H24S5/c1-11(2)9(17)12(3,4)15(11)19-16(21-20-15)13(5,6)10(18)14(16,7)8/h1-8H3. The maximum Gasteiger partial charge on any atom is 0.0921 e. The van der Waals surface area contributed by atoms with Gasteiger partial charge in [-0.3, -0.25) is 0 Å². The quantitative estimate of drug-likeness (QED) is 0.354. The molecule has 0 amide bonds. The van der Waals surface area contributed by atoms with Crippen molar-refractivity contribution in [1.82, 2.24) is 0 Å². The molecule has 0 aromatic rings. The Kier molecular flexibility index (Phi) is 3.30. The van der Waals surface area contributed by atoms with Crippen molar-refractivity contribution in [2.45, 2.75) is 63.5 Å². The minimum Gasteiger partial charge on any atom is -0.121 e. The molecule has 0 aromatic carbocycles. The number of rotatable bonds is 0. The van der Waals surface area contributed by atoms with E-state index < -0.39 is 0 Å². The molecule has 1 aliphatic heterocycles. The molecule has 3 fully saturated rings. The zero-order valence-corrected chi connectivity index (χ0v) is 18.1. The average molecular weight is 377 g/mol. The zero-order chi connectivity index (χ0) is 16.3. The van der Waals surface area contributed by atoms with E-state index in [0.29, 0.717) is 0 Å². The molecular weight excluding hydrogens is 353 g/mol. The van der Waals surface area contributed by atoms with Gasteiger partial charge in [0.2, 0.25) is 0 Å². The van der Waals surface area contributed by atoms with Gasteiger partial charge >= 0.3 is 0 Å². The molecule has 0 atom stereocenters. The van der Waals surface area contributed by atoms with Crippen molar-refractivity contribution in [1.29, 1.82) is 0 Å². The molecule has 21 heavy (non-hydrogen) atoms. The monoisotopic (exact) mass is 376 g/mol. The second kappa shape index (κ2) is 4.07. The SMILES string of the molecule is CC1(C)C(=S)C(C)(C)C12SSC1(S2)C(C)(C)C(=S)C1(C)C. The third-order valence-corrected chi connectivity index (χ3v) is 16.8. The number of thiocarbonyl (C=S) groups is 2. The van der Waals surface area contributed by atoms with Crippen LogP contribution in [0.3, 0.4) is 0 Å². The summed E-state index contributed by atoms with van der Waals surface area (Å²) in [5, 5.41) is 0. The van der Waals surface area contributed by atoms with Crippen LogP contribution in [0.15, 0.2) is 0 Å². The smallest absolute Gasteiger partial charge is 0.0921 e. The van der Waals surface area contributed by atoms with Crippen molar-refractivity contribution in [3.63, 3.8) is 0 Å². The molecule has 2 aliphatic carbocycles. The molecular formula is C16H24S5. The van der Waals surface area contributed by atoms with Crippen LogP contribution in [0, 0.1) is 21.7 Å². The first kappa shape index (κ1) is 17.1. The topological polar surface area (TPSA) is 0 Å². The third kappa shape index (κ3) is 1.42. The van der Waals surface area contributed by atoms with Gasteiger partial charge < -0.3 is 0 Å². The maximum atomic E-state index is 5.77. The van der Waals surface area contributed by atoms with Gasteiger partial charge in [-0.15, -0.1) is 11.8 Å². The molecule has 0 nitrogen and oxygen atoms in total. The lowest BCUT2D eigenvalue weighted by Crippen LogP contribution is -2.73. The highest BCUT2D eigenvalue weighted by atomic mass is 33.1. The summed E-state index contributed by atoms with van der Waals surface area (Å²) in [7, 11) is 4.14. The van der Waals surface area contributed by atoms with E-state index in [2.05, 4.69) is 88.7 Å². The maximum absolute atomic E-state index is 5.77. The van der Waals surface area contributed by atoms with E-state index in [0.717, 1.165) is 0 Å². The molecule has 0 unspecified atom stereocenters. The highest BCUT2D eigenvalue weighted by Crippen LogP contribution is 2.89. The minimum absolute atomic E-state index is 0.0982. The minimum atomic E-state index is 0.0982. The van der Waals surface area contributed by atoms with Gasteiger partial charge in [0.05, 0.1) is 8.16 Å². The van der Waals surface area contributed by atoms with E-state index in [1.165, 1.54) is 9.73 Å². The van der Waals surface area contributed by atoms with Gasteiger partial charge in [0.15, 0.2) is 0 Å². The Morgan fingerprint density at radius 2 is 0.810 bits per heavy atom. The summed E-state index contributed by atoms with van der Waals surface area (Å²) in [5.74, 6) is 0. The Morgan fingerprint density at radius 1 is 0.571 bits per heavy atom. The van der Waals surface area contributed by atoms with Crippen molar-refractivity contribution in [2.24, 2.45) is 21.7 Å². The molecule has 2 saturated carbocycles. The Morgan fingerprint density at radius 3 is 1.05 bits per heavy atom. The van der Waals surface area contributed by atoms with Crippen LogP contribution < -0.4 is 0 Å². The predicted molar refractivity (Wildman–Crippen MR) is 109 cm³/mol. The van der Waals surface area contributed by atoms with Gasteiger partial charge in [-0.25, -0.2) is 0 Å². The van der Waals surface area contributed by atoms with Crippen molar-refractivity contribution in [3.05, 3.63) is 0 Å². The predicted octanol–water partition coefficient (Wildman–Crippen LogP) is 6.38. The van der Waals surface area contributed by atoms with Crippen molar-refractivity contribution in [2.75, 3.05) is 0 Å². The Balaban J connectivity index is 2.08. The van der Waals surface area contributed by atoms with Crippen LogP contribution in [0.5, 0.6) is 0 Å². The number of thioether (sulfide) groups is 1. The summed E-state index contributed by atoms with van der Waals surface area (Å²) < 4.78 is 0.318. The van der Waals surface area contributed by atoms with Gasteiger partial charge in [-0.2, -0.15) is 0 Å². The summed E-state index contributed by atoms with van der Waals surface area (Å²) in [5.41, 5.74) is 0.393. The number of hydrogen-bond acceptors (Lipinski definition) is 5. The van der Waals surface area contributed by atoms with E-state index in [1.807, 2.05) is 0 Å². The molecule has 3 aliphatic rings. The molecule has 0 aromatic heterocycles. The van der Waals surface area contributed by atoms with Gasteiger partial charge in [0.25, 0.3) is 0 Å². The zero-order valence-electron chi connectivity index (χ0n) is 14.0. The van der Waals surface area contributed by atoms with E-state index in [-0.39, 0.29) is 29.8 Å². The molecule has 3 rings (SSSR count). The first-order chi connectivity index (χ1) is 9.22. The Bertz CT molecular complexity index is 481. The lowest BCUT2D eigenvalue weighted by molar-refractivity contribution is 0.206. The second-order valence-electron chi connectivity index (χ2n) is 8.66. The van der Waals surface area contributed by atoms with Crippen LogP contribution in [-0.2, 0) is 0 Å². The summed E-state index contributed by atoms with van der Waals surface area (Å²) in [6, 6.07) is 0. The first-order valence-corrected chi connectivity index (χ1v) is 11.2. The van der Waals surface area contributed by atoms with Crippen LogP contribution in [0.4, 0.5) is 0 Å². The molecule has 0 N–H and O–H groups in total. The van der Waals surface area contributed by atoms with Gasteiger partial charge in [-0.1, -0.05) is 101 Å². The summed E-state index contributed by atoms with van der Waals surface area (Å²) >= 11 is 13.7. The van der Waals surface area contributed by atoms with Crippen LogP contribution >= 0.6 is 57.8 Å². The highest BCUT2D eigenvalue weighted by molar-refractivity contribution is 8.84. The Labute approximate surface area is 152 Å². The lowest BCUT2D eigenvalue weighted by Gasteiger charge is -2.69. The summed E-state index contributed by atoms with van der Waals surface area (Å²) in [4.78, 5) is 2.45. The van der Waals surface area contributed by atoms with Crippen molar-refractivity contribution >= 4 is 67.5 Å². The summed E-state index contributed by atoms with van der Waals surface area (Å²) in [6.45, 7) is 18.6. The molecule has 0 radical (unpaired) electrons. The first-order valence-electron chi connectivity index (χ1n) is 7.39. The molecule has 1 saturated heterocycles. The lowest BCUT2D eigenvalue weighted by atomic mass is 9.54. The van der Waals surface area contributed by atoms with Crippen LogP contribution in [-0.4, -0.2) is 17.9 Å². The van der Waals surface area contributed by atoms with Crippen LogP contribution in [0.25, 0.3) is 0 Å². The van der Waals surface area contributed by atoms with Crippen molar-refractivity contribution in [3.8, 4) is 0 Å². The van der Waals surface area contributed by atoms with Crippen LogP contribution in [0.2, 0.25) is 0 Å². The van der Waals surface area contributed by atoms with Crippen molar-refractivity contribution < 1.29 is 0 Å².